The fourth-order valence-electron chi connectivity index (χ4n) is 3.15. The van der Waals surface area contributed by atoms with Crippen molar-refractivity contribution in [1.29, 1.82) is 5.26 Å². The summed E-state index contributed by atoms with van der Waals surface area (Å²) in [5.74, 6) is 0. The Labute approximate surface area is 130 Å². The van der Waals surface area contributed by atoms with Gasteiger partial charge in [-0.1, -0.05) is 18.2 Å². The first-order valence-electron chi connectivity index (χ1n) is 7.65. The van der Waals surface area contributed by atoms with E-state index in [9.17, 15) is 10.4 Å². The van der Waals surface area contributed by atoms with Gasteiger partial charge in [-0.05, 0) is 18.6 Å². The molecule has 0 radical (unpaired) electrons. The minimum Gasteiger partial charge on any atom is -0.390 e. The summed E-state index contributed by atoms with van der Waals surface area (Å²) in [5.41, 5.74) is 4.98. The lowest BCUT2D eigenvalue weighted by molar-refractivity contribution is 0.236. The van der Waals surface area contributed by atoms with Crippen LogP contribution in [0.4, 0.5) is 0 Å². The molecule has 0 unspecified atom stereocenters. The van der Waals surface area contributed by atoms with Gasteiger partial charge in [0, 0.05) is 43.9 Å². The molecule has 114 valence electrons. The lowest BCUT2D eigenvalue weighted by Gasteiger charge is -2.28. The number of hydrogen-bond acceptors (Lipinski definition) is 4. The molecule has 0 atom stereocenters. The molecule has 0 saturated heterocycles. The monoisotopic (exact) mass is 296 g/mol. The van der Waals surface area contributed by atoms with Gasteiger partial charge in [0.05, 0.1) is 23.9 Å². The number of aryl methyl sites for hydroxylation is 1. The van der Waals surface area contributed by atoms with Crippen LogP contribution >= 0.6 is 0 Å². The number of benzene rings is 1. The van der Waals surface area contributed by atoms with E-state index in [1.54, 1.807) is 0 Å². The summed E-state index contributed by atoms with van der Waals surface area (Å²) in [6, 6.07) is 9.99. The van der Waals surface area contributed by atoms with Crippen LogP contribution in [-0.4, -0.2) is 26.3 Å². The molecule has 1 aliphatic heterocycles. The Morgan fingerprint density at radius 2 is 2.18 bits per heavy atom. The van der Waals surface area contributed by atoms with Gasteiger partial charge >= 0.3 is 0 Å². The number of aromatic nitrogens is 2. The molecule has 22 heavy (non-hydrogen) atoms. The number of nitrogens with zero attached hydrogens (tertiary/aromatic N) is 4. The Bertz CT molecular complexity index is 714. The lowest BCUT2D eigenvalue weighted by atomic mass is 10.0. The second kappa shape index (κ2) is 6.30. The number of nitriles is 1. The molecule has 0 bridgehead atoms. The molecule has 0 aliphatic carbocycles. The van der Waals surface area contributed by atoms with Gasteiger partial charge in [-0.25, -0.2) is 0 Å². The number of aliphatic hydroxyl groups is 1. The van der Waals surface area contributed by atoms with Gasteiger partial charge < -0.3 is 5.11 Å². The number of hydrogen-bond donors (Lipinski definition) is 1. The van der Waals surface area contributed by atoms with Gasteiger partial charge in [0.2, 0.25) is 0 Å². The summed E-state index contributed by atoms with van der Waals surface area (Å²) in [7, 11) is 0. The number of aliphatic hydroxyl groups excluding tert-OH is 1. The van der Waals surface area contributed by atoms with Crippen LogP contribution in [-0.2, 0) is 32.7 Å². The van der Waals surface area contributed by atoms with E-state index in [-0.39, 0.29) is 6.61 Å². The van der Waals surface area contributed by atoms with E-state index >= 15 is 0 Å². The number of fused-ring (bicyclic) bond motifs is 1. The minimum atomic E-state index is -0.0159. The van der Waals surface area contributed by atoms with Crippen LogP contribution in [0.15, 0.2) is 24.3 Å². The van der Waals surface area contributed by atoms with Crippen molar-refractivity contribution in [2.24, 2.45) is 0 Å². The van der Waals surface area contributed by atoms with Crippen molar-refractivity contribution in [2.75, 3.05) is 6.54 Å². The van der Waals surface area contributed by atoms with Gasteiger partial charge in [-0.15, -0.1) is 0 Å². The van der Waals surface area contributed by atoms with E-state index in [2.05, 4.69) is 23.0 Å². The van der Waals surface area contributed by atoms with Crippen molar-refractivity contribution in [2.45, 2.75) is 39.6 Å². The van der Waals surface area contributed by atoms with Crippen molar-refractivity contribution in [3.05, 3.63) is 52.3 Å². The van der Waals surface area contributed by atoms with Crippen molar-refractivity contribution in [1.82, 2.24) is 14.7 Å². The third-order valence-corrected chi connectivity index (χ3v) is 4.28. The predicted octanol–water partition coefficient (Wildman–Crippen LogP) is 1.83. The summed E-state index contributed by atoms with van der Waals surface area (Å²) in [4.78, 5) is 2.32. The maximum atomic E-state index is 9.52. The Hall–Kier alpha value is -2.16. The van der Waals surface area contributed by atoms with Crippen LogP contribution < -0.4 is 0 Å². The Morgan fingerprint density at radius 1 is 1.36 bits per heavy atom. The normalized spacial score (nSPS) is 14.6. The van der Waals surface area contributed by atoms with E-state index in [4.69, 9.17) is 0 Å². The first kappa shape index (κ1) is 14.8. The summed E-state index contributed by atoms with van der Waals surface area (Å²) in [6.45, 7) is 5.38. The SMILES string of the molecule is CCn1nc(CO)c2c1CCN(Cc1ccccc1C#N)C2. The van der Waals surface area contributed by atoms with Crippen LogP contribution in [0.1, 0.15) is 35.0 Å². The molecule has 5 nitrogen and oxygen atoms in total. The topological polar surface area (TPSA) is 65.1 Å². The Balaban J connectivity index is 1.83. The third-order valence-electron chi connectivity index (χ3n) is 4.28. The molecule has 0 saturated carbocycles. The highest BCUT2D eigenvalue weighted by Crippen LogP contribution is 2.24. The molecule has 2 aromatic rings. The standard InChI is InChI=1S/C17H20N4O/c1-2-21-17-7-8-20(11-15(17)16(12-22)19-21)10-14-6-4-3-5-13(14)9-18/h3-6,22H,2,7-8,10-12H2,1H3. The summed E-state index contributed by atoms with van der Waals surface area (Å²) >= 11 is 0. The van der Waals surface area contributed by atoms with Gasteiger partial charge in [0.1, 0.15) is 0 Å². The van der Waals surface area contributed by atoms with Crippen molar-refractivity contribution >= 4 is 0 Å². The zero-order valence-electron chi connectivity index (χ0n) is 12.8. The van der Waals surface area contributed by atoms with Crippen molar-refractivity contribution in [3.63, 3.8) is 0 Å². The molecule has 1 aromatic carbocycles. The fourth-order valence-corrected chi connectivity index (χ4v) is 3.15. The quantitative estimate of drug-likeness (QED) is 0.935. The largest absolute Gasteiger partial charge is 0.390 e. The Kier molecular flexibility index (Phi) is 4.23. The van der Waals surface area contributed by atoms with E-state index in [1.807, 2.05) is 28.9 Å². The zero-order chi connectivity index (χ0) is 15.5. The summed E-state index contributed by atoms with van der Waals surface area (Å²) in [5, 5.41) is 23.2. The molecule has 0 fully saturated rings. The van der Waals surface area contributed by atoms with E-state index < -0.39 is 0 Å². The first-order valence-corrected chi connectivity index (χ1v) is 7.65. The molecule has 1 aliphatic rings. The van der Waals surface area contributed by atoms with Crippen LogP contribution in [0, 0.1) is 11.3 Å². The molecule has 0 spiro atoms. The molecular weight excluding hydrogens is 276 g/mol. The molecule has 1 N–H and O–H groups in total. The highest BCUT2D eigenvalue weighted by Gasteiger charge is 2.24. The molecule has 3 rings (SSSR count). The van der Waals surface area contributed by atoms with E-state index in [1.165, 1.54) is 5.69 Å². The van der Waals surface area contributed by atoms with E-state index in [0.29, 0.717) is 0 Å². The maximum absolute atomic E-state index is 9.52. The average Bonchev–Trinajstić information content (AvgIpc) is 2.92. The molecular formula is C17H20N4O. The lowest BCUT2D eigenvalue weighted by Crippen LogP contribution is -2.31. The average molecular weight is 296 g/mol. The van der Waals surface area contributed by atoms with Gasteiger partial charge in [-0.3, -0.25) is 9.58 Å². The predicted molar refractivity (Wildman–Crippen MR) is 82.8 cm³/mol. The van der Waals surface area contributed by atoms with Crippen LogP contribution in [0.5, 0.6) is 0 Å². The van der Waals surface area contributed by atoms with Crippen LogP contribution in [0.2, 0.25) is 0 Å². The van der Waals surface area contributed by atoms with Gasteiger partial charge in [0.15, 0.2) is 0 Å². The van der Waals surface area contributed by atoms with E-state index in [0.717, 1.165) is 55.0 Å². The highest BCUT2D eigenvalue weighted by atomic mass is 16.3. The number of rotatable bonds is 4. The molecule has 0 amide bonds. The zero-order valence-corrected chi connectivity index (χ0v) is 12.8. The molecule has 1 aromatic heterocycles. The first-order chi connectivity index (χ1) is 10.8. The summed E-state index contributed by atoms with van der Waals surface area (Å²) < 4.78 is 2.00. The summed E-state index contributed by atoms with van der Waals surface area (Å²) in [6.07, 6.45) is 0.935. The minimum absolute atomic E-state index is 0.0159. The third kappa shape index (κ3) is 2.63. The van der Waals surface area contributed by atoms with Gasteiger partial charge in [-0.2, -0.15) is 10.4 Å². The smallest absolute Gasteiger partial charge is 0.0995 e. The Morgan fingerprint density at radius 3 is 2.91 bits per heavy atom. The highest BCUT2D eigenvalue weighted by molar-refractivity contribution is 5.37. The van der Waals surface area contributed by atoms with Crippen molar-refractivity contribution in [3.8, 4) is 6.07 Å². The molecule has 5 heteroatoms. The van der Waals surface area contributed by atoms with Gasteiger partial charge in [0.25, 0.3) is 0 Å². The molecule has 2 heterocycles. The van der Waals surface area contributed by atoms with Crippen LogP contribution in [0.25, 0.3) is 0 Å². The maximum Gasteiger partial charge on any atom is 0.0995 e. The second-order valence-electron chi connectivity index (χ2n) is 5.58. The fraction of sp³-hybridized carbons (Fsp3) is 0.412. The second-order valence-corrected chi connectivity index (χ2v) is 5.58. The van der Waals surface area contributed by atoms with Crippen LogP contribution in [0.3, 0.4) is 0 Å². The van der Waals surface area contributed by atoms with Crippen molar-refractivity contribution < 1.29 is 5.11 Å².